The Morgan fingerprint density at radius 2 is 2.25 bits per heavy atom. The zero-order valence-electron chi connectivity index (χ0n) is 4.62. The summed E-state index contributed by atoms with van der Waals surface area (Å²) in [6.07, 6.45) is 1.28. The van der Waals surface area contributed by atoms with Gasteiger partial charge in [-0.25, -0.2) is 8.42 Å². The molecule has 0 aromatic carbocycles. The van der Waals surface area contributed by atoms with Gasteiger partial charge in [0, 0.05) is 17.3 Å². The number of thioether (sulfide) groups is 1. The number of sulfone groups is 1. The lowest BCUT2D eigenvalue weighted by Crippen LogP contribution is -2.07. The summed E-state index contributed by atoms with van der Waals surface area (Å²) in [6, 6.07) is 0. The van der Waals surface area contributed by atoms with Crippen molar-refractivity contribution in [2.75, 3.05) is 17.8 Å². The van der Waals surface area contributed by atoms with Crippen LogP contribution in [0.4, 0.5) is 0 Å². The third-order valence-electron chi connectivity index (χ3n) is 0.891. The lowest BCUT2D eigenvalue weighted by molar-refractivity contribution is 0.602. The van der Waals surface area contributed by atoms with E-state index < -0.39 is 9.84 Å². The Labute approximate surface area is 53.6 Å². The average molecular weight is 152 g/mol. The van der Waals surface area contributed by atoms with Crippen molar-refractivity contribution >= 4 is 21.6 Å². The Morgan fingerprint density at radius 3 is 2.38 bits per heavy atom. The lowest BCUT2D eigenvalue weighted by atomic mass is 10.6. The van der Waals surface area contributed by atoms with E-state index in [1.165, 1.54) is 6.26 Å². The maximum Gasteiger partial charge on any atom is 0.148 e. The molecule has 1 aliphatic rings. The Morgan fingerprint density at radius 1 is 1.75 bits per heavy atom. The molecule has 0 aromatic heterocycles. The maximum absolute atomic E-state index is 10.5. The summed E-state index contributed by atoms with van der Waals surface area (Å²) >= 11 is 1.72. The quantitative estimate of drug-likeness (QED) is 0.528. The van der Waals surface area contributed by atoms with Crippen molar-refractivity contribution in [2.24, 2.45) is 0 Å². The van der Waals surface area contributed by atoms with Crippen LogP contribution in [0.2, 0.25) is 0 Å². The monoisotopic (exact) mass is 152 g/mol. The molecule has 1 fully saturated rings. The van der Waals surface area contributed by atoms with Crippen molar-refractivity contribution in [3.63, 3.8) is 0 Å². The number of hydrogen-bond donors (Lipinski definition) is 0. The van der Waals surface area contributed by atoms with E-state index in [9.17, 15) is 8.42 Å². The minimum atomic E-state index is -2.68. The van der Waals surface area contributed by atoms with Crippen LogP contribution in [-0.2, 0) is 9.84 Å². The van der Waals surface area contributed by atoms with E-state index in [0.717, 1.165) is 5.75 Å². The first-order valence-electron chi connectivity index (χ1n) is 2.37. The van der Waals surface area contributed by atoms with Gasteiger partial charge in [-0.2, -0.15) is 11.8 Å². The molecule has 0 saturated carbocycles. The van der Waals surface area contributed by atoms with Crippen LogP contribution in [0.5, 0.6) is 0 Å². The molecule has 0 N–H and O–H groups in total. The fourth-order valence-electron chi connectivity index (χ4n) is 0.502. The molecule has 0 radical (unpaired) electrons. The molecular formula is C4H8O2S2. The molecule has 0 bridgehead atoms. The highest BCUT2D eigenvalue weighted by molar-refractivity contribution is 8.07. The highest BCUT2D eigenvalue weighted by atomic mass is 32.2. The third kappa shape index (κ3) is 2.57. The first kappa shape index (κ1) is 6.42. The lowest BCUT2D eigenvalue weighted by Gasteiger charge is -1.88. The van der Waals surface area contributed by atoms with Crippen LogP contribution in [0.1, 0.15) is 0 Å². The minimum Gasteiger partial charge on any atom is -0.229 e. The van der Waals surface area contributed by atoms with Gasteiger partial charge in [0.25, 0.3) is 0 Å². The van der Waals surface area contributed by atoms with E-state index in [1.54, 1.807) is 11.8 Å². The molecule has 1 aliphatic heterocycles. The summed E-state index contributed by atoms with van der Waals surface area (Å²) in [7, 11) is -2.68. The first-order chi connectivity index (χ1) is 3.58. The highest BCUT2D eigenvalue weighted by Crippen LogP contribution is 2.30. The highest BCUT2D eigenvalue weighted by Gasteiger charge is 2.26. The second-order valence-corrected chi connectivity index (χ2v) is 5.57. The molecule has 1 unspecified atom stereocenters. The predicted molar refractivity (Wildman–Crippen MR) is 36.0 cm³/mol. The zero-order valence-corrected chi connectivity index (χ0v) is 6.26. The van der Waals surface area contributed by atoms with Crippen LogP contribution in [0.25, 0.3) is 0 Å². The Kier molecular flexibility index (Phi) is 1.54. The van der Waals surface area contributed by atoms with Crippen LogP contribution in [0.15, 0.2) is 0 Å². The van der Waals surface area contributed by atoms with Crippen molar-refractivity contribution in [3.05, 3.63) is 0 Å². The minimum absolute atomic E-state index is 0.373. The molecule has 0 aromatic rings. The van der Waals surface area contributed by atoms with E-state index in [0.29, 0.717) is 11.0 Å². The van der Waals surface area contributed by atoms with Gasteiger partial charge in [0.15, 0.2) is 0 Å². The standard InChI is InChI=1S/C4H8O2S2/c1-8(5,6)3-4-2-7-4/h4H,2-3H2,1H3. The maximum atomic E-state index is 10.5. The molecular weight excluding hydrogens is 144 g/mol. The summed E-state index contributed by atoms with van der Waals surface area (Å²) in [5.41, 5.74) is 0. The second kappa shape index (κ2) is 1.92. The normalized spacial score (nSPS) is 27.9. The van der Waals surface area contributed by atoms with Crippen molar-refractivity contribution in [3.8, 4) is 0 Å². The summed E-state index contributed by atoms with van der Waals surface area (Å²) in [4.78, 5) is 0. The molecule has 1 heterocycles. The average Bonchev–Trinajstić information content (AvgIpc) is 2.12. The van der Waals surface area contributed by atoms with E-state index in [2.05, 4.69) is 0 Å². The van der Waals surface area contributed by atoms with E-state index in [1.807, 2.05) is 0 Å². The summed E-state index contributed by atoms with van der Waals surface area (Å²) in [5, 5.41) is 0.421. The van der Waals surface area contributed by atoms with Gasteiger partial charge >= 0.3 is 0 Å². The molecule has 1 rings (SSSR count). The van der Waals surface area contributed by atoms with E-state index >= 15 is 0 Å². The molecule has 1 saturated heterocycles. The largest absolute Gasteiger partial charge is 0.229 e. The SMILES string of the molecule is CS(=O)(=O)CC1CS1. The summed E-state index contributed by atoms with van der Waals surface area (Å²) in [5.74, 6) is 1.41. The van der Waals surface area contributed by atoms with Gasteiger partial charge in [0.05, 0.1) is 5.75 Å². The molecule has 0 amide bonds. The Hall–Kier alpha value is 0.300. The van der Waals surface area contributed by atoms with Crippen LogP contribution >= 0.6 is 11.8 Å². The molecule has 1 atom stereocenters. The Bertz CT molecular complexity index is 166. The fourth-order valence-corrected chi connectivity index (χ4v) is 2.82. The molecule has 2 nitrogen and oxygen atoms in total. The van der Waals surface area contributed by atoms with Gasteiger partial charge in [-0.3, -0.25) is 0 Å². The van der Waals surface area contributed by atoms with Gasteiger partial charge in [-0.05, 0) is 0 Å². The van der Waals surface area contributed by atoms with Crippen molar-refractivity contribution in [1.29, 1.82) is 0 Å². The first-order valence-corrected chi connectivity index (χ1v) is 5.48. The summed E-state index contributed by atoms with van der Waals surface area (Å²) in [6.45, 7) is 0. The van der Waals surface area contributed by atoms with Crippen LogP contribution in [-0.4, -0.2) is 31.4 Å². The zero-order chi connectivity index (χ0) is 6.20. The van der Waals surface area contributed by atoms with Crippen molar-refractivity contribution < 1.29 is 8.42 Å². The number of rotatable bonds is 2. The molecule has 48 valence electrons. The third-order valence-corrected chi connectivity index (χ3v) is 3.08. The molecule has 0 aliphatic carbocycles. The van der Waals surface area contributed by atoms with Gasteiger partial charge in [0.2, 0.25) is 0 Å². The van der Waals surface area contributed by atoms with Crippen molar-refractivity contribution in [2.45, 2.75) is 5.25 Å². The molecule has 4 heteroatoms. The van der Waals surface area contributed by atoms with Crippen LogP contribution < -0.4 is 0 Å². The van der Waals surface area contributed by atoms with Gasteiger partial charge in [-0.15, -0.1) is 0 Å². The fraction of sp³-hybridized carbons (Fsp3) is 1.00. The number of hydrogen-bond acceptors (Lipinski definition) is 3. The predicted octanol–water partition coefficient (Wildman–Crippen LogP) is 0.146. The van der Waals surface area contributed by atoms with E-state index in [4.69, 9.17) is 0 Å². The smallest absolute Gasteiger partial charge is 0.148 e. The van der Waals surface area contributed by atoms with Gasteiger partial charge in [0.1, 0.15) is 9.84 Å². The Balaban J connectivity index is 2.38. The second-order valence-electron chi connectivity index (χ2n) is 2.05. The summed E-state index contributed by atoms with van der Waals surface area (Å²) < 4.78 is 20.9. The molecule has 8 heavy (non-hydrogen) atoms. The van der Waals surface area contributed by atoms with Crippen LogP contribution in [0, 0.1) is 0 Å². The topological polar surface area (TPSA) is 34.1 Å². The van der Waals surface area contributed by atoms with Gasteiger partial charge in [-0.1, -0.05) is 0 Å². The van der Waals surface area contributed by atoms with E-state index in [-0.39, 0.29) is 0 Å². The van der Waals surface area contributed by atoms with Gasteiger partial charge < -0.3 is 0 Å². The molecule has 0 spiro atoms. The van der Waals surface area contributed by atoms with Crippen LogP contribution in [0.3, 0.4) is 0 Å². The van der Waals surface area contributed by atoms with Crippen molar-refractivity contribution in [1.82, 2.24) is 0 Å².